The summed E-state index contributed by atoms with van der Waals surface area (Å²) in [4.78, 5) is 12.4. The van der Waals surface area contributed by atoms with Gasteiger partial charge in [-0.25, -0.2) is 26.7 Å². The minimum Gasteiger partial charge on any atom is -0.423 e. The fourth-order valence-electron chi connectivity index (χ4n) is 4.48. The molecule has 0 spiro atoms. The Balaban J connectivity index is 1.47. The van der Waals surface area contributed by atoms with Crippen LogP contribution in [0.1, 0.15) is 54.4 Å². The summed E-state index contributed by atoms with van der Waals surface area (Å²) < 4.78 is 75.1. The normalized spacial score (nSPS) is 17.4. The van der Waals surface area contributed by atoms with Gasteiger partial charge in [-0.2, -0.15) is 0 Å². The molecule has 7 heteroatoms. The first kappa shape index (κ1) is 25.4. The summed E-state index contributed by atoms with van der Waals surface area (Å²) >= 11 is 0. The van der Waals surface area contributed by atoms with Crippen molar-refractivity contribution >= 4 is 16.7 Å². The molecule has 1 saturated carbocycles. The molecule has 0 atom stereocenters. The van der Waals surface area contributed by atoms with Gasteiger partial charge in [0.1, 0.15) is 22.9 Å². The third-order valence-corrected chi connectivity index (χ3v) is 6.45. The van der Waals surface area contributed by atoms with Crippen LogP contribution in [0, 0.1) is 52.8 Å². The number of hydrogen-bond acceptors (Lipinski definition) is 2. The summed E-state index contributed by atoms with van der Waals surface area (Å²) in [5.74, 6) is -1.58. The highest BCUT2D eigenvalue weighted by atomic mass is 19.2. The van der Waals surface area contributed by atoms with Crippen LogP contribution in [0.4, 0.5) is 22.0 Å². The zero-order chi connectivity index (χ0) is 25.8. The van der Waals surface area contributed by atoms with E-state index in [9.17, 15) is 26.7 Å². The predicted octanol–water partition coefficient (Wildman–Crippen LogP) is 7.88. The van der Waals surface area contributed by atoms with Gasteiger partial charge in [0.15, 0.2) is 17.5 Å². The first-order chi connectivity index (χ1) is 17.3. The monoisotopic (exact) mass is 498 g/mol. The van der Waals surface area contributed by atoms with Crippen molar-refractivity contribution in [3.05, 3.63) is 89.3 Å². The van der Waals surface area contributed by atoms with Gasteiger partial charge in [-0.3, -0.25) is 0 Å². The van der Waals surface area contributed by atoms with Crippen LogP contribution in [-0.2, 0) is 0 Å². The predicted molar refractivity (Wildman–Crippen MR) is 127 cm³/mol. The van der Waals surface area contributed by atoms with E-state index >= 15 is 0 Å². The van der Waals surface area contributed by atoms with Gasteiger partial charge in [0.2, 0.25) is 0 Å². The van der Waals surface area contributed by atoms with Crippen LogP contribution in [0.3, 0.4) is 0 Å². The third-order valence-electron chi connectivity index (χ3n) is 6.45. The Labute approximate surface area is 205 Å². The molecule has 1 aliphatic rings. The lowest BCUT2D eigenvalue weighted by atomic mass is 9.80. The lowest BCUT2D eigenvalue weighted by Crippen LogP contribution is -2.14. The number of carbonyl (C=O) groups excluding carboxylic acids is 1. The molecule has 2 nitrogen and oxygen atoms in total. The van der Waals surface area contributed by atoms with E-state index < -0.39 is 40.6 Å². The van der Waals surface area contributed by atoms with E-state index in [4.69, 9.17) is 4.74 Å². The number of fused-ring (bicyclic) bond motifs is 1. The fraction of sp³-hybridized carbons (Fsp3) is 0.276. The molecular weight excluding hydrogens is 475 g/mol. The Hall–Kier alpha value is -3.66. The lowest BCUT2D eigenvalue weighted by Gasteiger charge is -2.25. The largest absolute Gasteiger partial charge is 0.423 e. The van der Waals surface area contributed by atoms with Crippen LogP contribution in [0.25, 0.3) is 10.8 Å². The number of benzene rings is 3. The Kier molecular flexibility index (Phi) is 7.73. The van der Waals surface area contributed by atoms with E-state index in [1.54, 1.807) is 0 Å². The van der Waals surface area contributed by atoms with Crippen LogP contribution in [0.5, 0.6) is 5.75 Å². The maximum absolute atomic E-state index is 14.6. The van der Waals surface area contributed by atoms with Gasteiger partial charge in [0.25, 0.3) is 0 Å². The molecule has 3 aromatic carbocycles. The number of hydrogen-bond donors (Lipinski definition) is 0. The van der Waals surface area contributed by atoms with E-state index in [2.05, 4.69) is 18.4 Å². The van der Waals surface area contributed by atoms with Gasteiger partial charge in [-0.1, -0.05) is 17.9 Å². The Morgan fingerprint density at radius 2 is 1.64 bits per heavy atom. The van der Waals surface area contributed by atoms with Crippen molar-refractivity contribution in [3.8, 4) is 17.6 Å². The SMILES string of the molecule is C=CCCC1CCC(C#Cc2cc(F)c(C(=O)Oc3ccc4c(F)c(F)c(F)cc4c3)c(F)c2)CC1. The molecule has 0 saturated heterocycles. The molecule has 0 radical (unpaired) electrons. The smallest absolute Gasteiger partial charge is 0.349 e. The summed E-state index contributed by atoms with van der Waals surface area (Å²) in [6.07, 6.45) is 8.00. The van der Waals surface area contributed by atoms with Gasteiger partial charge in [-0.05, 0) is 86.2 Å². The van der Waals surface area contributed by atoms with Crippen molar-refractivity contribution in [3.63, 3.8) is 0 Å². The molecule has 4 rings (SSSR count). The summed E-state index contributed by atoms with van der Waals surface area (Å²) in [6, 6.07) is 5.93. The van der Waals surface area contributed by atoms with Crippen molar-refractivity contribution in [1.82, 2.24) is 0 Å². The average Bonchev–Trinajstić information content (AvgIpc) is 2.85. The zero-order valence-corrected chi connectivity index (χ0v) is 19.4. The zero-order valence-electron chi connectivity index (χ0n) is 19.4. The number of esters is 1. The van der Waals surface area contributed by atoms with Gasteiger partial charge < -0.3 is 4.74 Å². The van der Waals surface area contributed by atoms with Gasteiger partial charge in [0, 0.05) is 16.9 Å². The summed E-state index contributed by atoms with van der Waals surface area (Å²) in [7, 11) is 0. The summed E-state index contributed by atoms with van der Waals surface area (Å²) in [5, 5.41) is -0.322. The van der Waals surface area contributed by atoms with Crippen molar-refractivity contribution in [2.75, 3.05) is 0 Å². The van der Waals surface area contributed by atoms with Crippen molar-refractivity contribution in [1.29, 1.82) is 0 Å². The number of halogens is 5. The second kappa shape index (κ2) is 10.9. The maximum atomic E-state index is 14.6. The Morgan fingerprint density at radius 1 is 0.944 bits per heavy atom. The van der Waals surface area contributed by atoms with E-state index in [-0.39, 0.29) is 28.0 Å². The molecule has 0 heterocycles. The molecule has 0 N–H and O–H groups in total. The quantitative estimate of drug-likeness (QED) is 0.0893. The third kappa shape index (κ3) is 5.59. The molecule has 1 aliphatic carbocycles. The van der Waals surface area contributed by atoms with Crippen LogP contribution in [0.2, 0.25) is 0 Å². The molecule has 186 valence electrons. The summed E-state index contributed by atoms with van der Waals surface area (Å²) in [5.41, 5.74) is -0.811. The second-order valence-corrected chi connectivity index (χ2v) is 8.93. The van der Waals surface area contributed by atoms with E-state index in [1.807, 2.05) is 6.08 Å². The molecule has 0 unspecified atom stereocenters. The van der Waals surface area contributed by atoms with Crippen molar-refractivity contribution in [2.24, 2.45) is 11.8 Å². The molecule has 3 aromatic rings. The first-order valence-corrected chi connectivity index (χ1v) is 11.7. The van der Waals surface area contributed by atoms with Gasteiger partial charge in [-0.15, -0.1) is 6.58 Å². The maximum Gasteiger partial charge on any atom is 0.349 e. The minimum atomic E-state index is -1.63. The highest BCUT2D eigenvalue weighted by molar-refractivity contribution is 5.93. The van der Waals surface area contributed by atoms with E-state index in [0.717, 1.165) is 74.9 Å². The van der Waals surface area contributed by atoms with Crippen LogP contribution in [-0.4, -0.2) is 5.97 Å². The van der Waals surface area contributed by atoms with Crippen LogP contribution >= 0.6 is 0 Å². The Bertz CT molecular complexity index is 1350. The van der Waals surface area contributed by atoms with Crippen LogP contribution < -0.4 is 4.74 Å². The minimum absolute atomic E-state index is 0.0852. The van der Waals surface area contributed by atoms with Crippen molar-refractivity contribution < 1.29 is 31.5 Å². The number of ether oxygens (including phenoxy) is 1. The highest BCUT2D eigenvalue weighted by Gasteiger charge is 2.22. The Morgan fingerprint density at radius 3 is 2.31 bits per heavy atom. The molecule has 0 amide bonds. The lowest BCUT2D eigenvalue weighted by molar-refractivity contribution is 0.0725. The molecule has 0 aliphatic heterocycles. The number of rotatable bonds is 5. The van der Waals surface area contributed by atoms with E-state index in [1.165, 1.54) is 0 Å². The number of carbonyl (C=O) groups is 1. The molecule has 0 bridgehead atoms. The topological polar surface area (TPSA) is 26.3 Å². The second-order valence-electron chi connectivity index (χ2n) is 8.93. The van der Waals surface area contributed by atoms with Crippen molar-refractivity contribution in [2.45, 2.75) is 38.5 Å². The molecule has 0 aromatic heterocycles. The average molecular weight is 498 g/mol. The highest BCUT2D eigenvalue weighted by Crippen LogP contribution is 2.31. The van der Waals surface area contributed by atoms with Crippen LogP contribution in [0.15, 0.2) is 49.1 Å². The first-order valence-electron chi connectivity index (χ1n) is 11.7. The van der Waals surface area contributed by atoms with E-state index in [0.29, 0.717) is 5.92 Å². The molecule has 36 heavy (non-hydrogen) atoms. The number of allylic oxidation sites excluding steroid dienone is 1. The molecule has 1 fully saturated rings. The fourth-order valence-corrected chi connectivity index (χ4v) is 4.48. The van der Waals surface area contributed by atoms with Gasteiger partial charge in [0.05, 0.1) is 0 Å². The summed E-state index contributed by atoms with van der Waals surface area (Å²) in [6.45, 7) is 3.75. The molecular formula is C29H23F5O2. The standard InChI is InChI=1S/C29H23F5O2/c1-2-3-4-17-5-7-18(8-6-17)9-10-19-13-23(30)26(24(31)14-19)29(35)36-21-11-12-22-20(15-21)16-25(32)28(34)27(22)33/h2,11-18H,1,3-8H2. The van der Waals surface area contributed by atoms with Gasteiger partial charge >= 0.3 is 5.97 Å².